The van der Waals surface area contributed by atoms with Gasteiger partial charge < -0.3 is 29.2 Å². The third kappa shape index (κ3) is 7.35. The van der Waals surface area contributed by atoms with Crippen LogP contribution in [-0.4, -0.2) is 42.2 Å². The van der Waals surface area contributed by atoms with Crippen molar-refractivity contribution >= 4 is 12.2 Å². The van der Waals surface area contributed by atoms with Crippen molar-refractivity contribution in [3.8, 4) is 40.2 Å². The molecular weight excluding hydrogens is 560 g/mol. The van der Waals surface area contributed by atoms with E-state index in [1.165, 1.54) is 6.21 Å². The molecule has 0 saturated carbocycles. The Kier molecular flexibility index (Phi) is 9.74. The summed E-state index contributed by atoms with van der Waals surface area (Å²) in [5, 5.41) is 27.7. The van der Waals surface area contributed by atoms with Gasteiger partial charge in [-0.25, -0.2) is 0 Å². The van der Waals surface area contributed by atoms with E-state index >= 15 is 0 Å². The molecule has 0 fully saturated rings. The third-order valence-corrected chi connectivity index (χ3v) is 7.24. The second-order valence-electron chi connectivity index (χ2n) is 10.2. The van der Waals surface area contributed by atoms with E-state index in [4.69, 9.17) is 18.9 Å². The van der Waals surface area contributed by atoms with Gasteiger partial charge >= 0.3 is 5.97 Å². The number of aliphatic carboxylic acids is 1. The van der Waals surface area contributed by atoms with Gasteiger partial charge in [0.1, 0.15) is 43.8 Å². The van der Waals surface area contributed by atoms with E-state index in [1.54, 1.807) is 24.3 Å². The molecule has 0 saturated heterocycles. The van der Waals surface area contributed by atoms with Crippen molar-refractivity contribution in [3.05, 3.63) is 107 Å². The van der Waals surface area contributed by atoms with Gasteiger partial charge in [0.15, 0.2) is 11.5 Å². The van der Waals surface area contributed by atoms with E-state index in [0.29, 0.717) is 42.4 Å². The zero-order valence-electron chi connectivity index (χ0n) is 24.2. The number of hydrogen-bond donors (Lipinski definition) is 2. The molecule has 1 atom stereocenters. The minimum absolute atomic E-state index is 0.147. The highest BCUT2D eigenvalue weighted by molar-refractivity contribution is 5.88. The molecule has 1 aliphatic heterocycles. The molecule has 1 aliphatic rings. The van der Waals surface area contributed by atoms with Crippen molar-refractivity contribution in [2.45, 2.75) is 26.7 Å². The third-order valence-electron chi connectivity index (χ3n) is 7.24. The van der Waals surface area contributed by atoms with Crippen LogP contribution >= 0.6 is 0 Å². The lowest BCUT2D eigenvalue weighted by atomic mass is 9.96. The van der Waals surface area contributed by atoms with Gasteiger partial charge in [-0.05, 0) is 71.1 Å². The molecular formula is C35H32N2O7. The average Bonchev–Trinajstić information content (AvgIpc) is 3.05. The maximum absolute atomic E-state index is 11.2. The van der Waals surface area contributed by atoms with Crippen LogP contribution in [0.5, 0.6) is 23.0 Å². The normalized spacial score (nSPS) is 12.8. The van der Waals surface area contributed by atoms with E-state index in [0.717, 1.165) is 39.3 Å². The molecule has 4 aromatic carbocycles. The second-order valence-corrected chi connectivity index (χ2v) is 10.2. The number of aliphatic hydroxyl groups is 1. The summed E-state index contributed by atoms with van der Waals surface area (Å²) < 4.78 is 23.8. The number of rotatable bonds is 12. The minimum atomic E-state index is -1.15. The van der Waals surface area contributed by atoms with Crippen LogP contribution < -0.4 is 18.9 Å². The van der Waals surface area contributed by atoms with Crippen LogP contribution in [-0.2, 0) is 24.6 Å². The quantitative estimate of drug-likeness (QED) is 0.200. The van der Waals surface area contributed by atoms with E-state index < -0.39 is 18.5 Å². The summed E-state index contributed by atoms with van der Waals surface area (Å²) in [7, 11) is 0. The lowest BCUT2D eigenvalue weighted by molar-refractivity contribution is -0.140. The van der Waals surface area contributed by atoms with Gasteiger partial charge in [-0.1, -0.05) is 36.4 Å². The van der Waals surface area contributed by atoms with Gasteiger partial charge in [-0.15, -0.1) is 0 Å². The van der Waals surface area contributed by atoms with Gasteiger partial charge in [-0.2, -0.15) is 5.26 Å². The highest BCUT2D eigenvalue weighted by Gasteiger charge is 2.16. The average molecular weight is 593 g/mol. The molecule has 0 bridgehead atoms. The molecule has 1 heterocycles. The van der Waals surface area contributed by atoms with Crippen LogP contribution in [0.4, 0.5) is 0 Å². The summed E-state index contributed by atoms with van der Waals surface area (Å²) in [6.07, 6.45) is 1.23. The molecule has 44 heavy (non-hydrogen) atoms. The Morgan fingerprint density at radius 1 is 0.977 bits per heavy atom. The fourth-order valence-corrected chi connectivity index (χ4v) is 4.77. The molecule has 1 unspecified atom stereocenters. The summed E-state index contributed by atoms with van der Waals surface area (Å²) in [6, 6.07) is 26.7. The Hall–Kier alpha value is -5.33. The van der Waals surface area contributed by atoms with Crippen LogP contribution in [0.3, 0.4) is 0 Å². The number of benzene rings is 4. The Morgan fingerprint density at radius 3 is 2.59 bits per heavy atom. The summed E-state index contributed by atoms with van der Waals surface area (Å²) in [5.74, 6) is 0.346. The van der Waals surface area contributed by atoms with Gasteiger partial charge in [0.25, 0.3) is 0 Å². The lowest BCUT2D eigenvalue weighted by Crippen LogP contribution is -2.19. The molecule has 4 aromatic rings. The van der Waals surface area contributed by atoms with E-state index in [9.17, 15) is 20.3 Å². The second kappa shape index (κ2) is 14.2. The molecule has 0 aliphatic carbocycles. The number of ether oxygens (including phenoxy) is 4. The number of carboxylic acids is 1. The Bertz CT molecular complexity index is 1710. The zero-order chi connectivity index (χ0) is 30.9. The lowest BCUT2D eigenvalue weighted by Gasteiger charge is -2.20. The molecule has 5 rings (SSSR count). The van der Waals surface area contributed by atoms with Gasteiger partial charge in [0, 0.05) is 17.8 Å². The maximum Gasteiger partial charge on any atom is 0.314 e. The summed E-state index contributed by atoms with van der Waals surface area (Å²) in [5.41, 5.74) is 6.27. The van der Waals surface area contributed by atoms with Crippen LogP contribution in [0.15, 0.2) is 83.9 Å². The number of aliphatic hydroxyl groups excluding tert-OH is 1. The predicted molar refractivity (Wildman–Crippen MR) is 164 cm³/mol. The number of hydrogen-bond acceptors (Lipinski definition) is 8. The first-order chi connectivity index (χ1) is 21.4. The summed E-state index contributed by atoms with van der Waals surface area (Å²) in [4.78, 5) is 15.5. The molecule has 0 aromatic heterocycles. The topological polar surface area (TPSA) is 131 Å². The van der Waals surface area contributed by atoms with Crippen LogP contribution in [0.25, 0.3) is 11.1 Å². The monoisotopic (exact) mass is 592 g/mol. The van der Waals surface area contributed by atoms with E-state index in [1.807, 2.05) is 48.5 Å². The highest BCUT2D eigenvalue weighted by Crippen LogP contribution is 2.36. The van der Waals surface area contributed by atoms with E-state index in [-0.39, 0.29) is 13.2 Å². The SMILES string of the molecule is Cc1c(COc2ccc(CN=CC(CO)C(=O)O)c(OCc3cccc(C#N)c3)c2)cccc1-c1ccc2c(c1)OCCO2. The first kappa shape index (κ1) is 30.1. The number of fused-ring (bicyclic) bond motifs is 1. The first-order valence-corrected chi connectivity index (χ1v) is 14.1. The minimum Gasteiger partial charge on any atom is -0.489 e. The molecule has 0 radical (unpaired) electrons. The first-order valence-electron chi connectivity index (χ1n) is 14.1. The number of carboxylic acid groups (broad SMARTS) is 1. The van der Waals surface area contributed by atoms with Crippen molar-refractivity contribution in [2.24, 2.45) is 10.9 Å². The van der Waals surface area contributed by atoms with Crippen molar-refractivity contribution in [3.63, 3.8) is 0 Å². The van der Waals surface area contributed by atoms with Crippen molar-refractivity contribution in [1.82, 2.24) is 0 Å². The Morgan fingerprint density at radius 2 is 1.80 bits per heavy atom. The molecule has 0 spiro atoms. The Balaban J connectivity index is 1.34. The van der Waals surface area contributed by atoms with Crippen molar-refractivity contribution < 1.29 is 34.0 Å². The van der Waals surface area contributed by atoms with E-state index in [2.05, 4.69) is 24.1 Å². The maximum atomic E-state index is 11.2. The van der Waals surface area contributed by atoms with Gasteiger partial charge in [-0.3, -0.25) is 9.79 Å². The largest absolute Gasteiger partial charge is 0.489 e. The number of nitrogens with zero attached hydrogens (tertiary/aromatic N) is 2. The molecule has 9 heteroatoms. The summed E-state index contributed by atoms with van der Waals surface area (Å²) >= 11 is 0. The van der Waals surface area contributed by atoms with Crippen molar-refractivity contribution in [1.29, 1.82) is 5.26 Å². The number of nitriles is 1. The van der Waals surface area contributed by atoms with Gasteiger partial charge in [0.2, 0.25) is 0 Å². The van der Waals surface area contributed by atoms with Gasteiger partial charge in [0.05, 0.1) is 24.8 Å². The smallest absolute Gasteiger partial charge is 0.314 e. The molecule has 0 amide bonds. The zero-order valence-corrected chi connectivity index (χ0v) is 24.2. The standard InChI is InChI=1S/C35H32N2O7/c1-23-28(6-3-7-31(23)26-9-11-32-34(15-26)42-13-12-41-32)22-43-30-10-8-27(18-37-19-29(20-38)35(39)40)33(16-30)44-21-25-5-2-4-24(14-25)17-36/h2-11,14-16,19,29,38H,12-13,18,20-22H2,1H3,(H,39,40). The van der Waals surface area contributed by atoms with Crippen LogP contribution in [0, 0.1) is 24.2 Å². The highest BCUT2D eigenvalue weighted by atomic mass is 16.6. The van der Waals surface area contributed by atoms with Crippen LogP contribution in [0.2, 0.25) is 0 Å². The number of carbonyl (C=O) groups is 1. The van der Waals surface area contributed by atoms with Crippen molar-refractivity contribution in [2.75, 3.05) is 19.8 Å². The molecule has 2 N–H and O–H groups in total. The predicted octanol–water partition coefficient (Wildman–Crippen LogP) is 5.73. The Labute approximate surface area is 255 Å². The fourth-order valence-electron chi connectivity index (χ4n) is 4.77. The summed E-state index contributed by atoms with van der Waals surface area (Å²) in [6.45, 7) is 3.27. The fraction of sp³-hybridized carbons (Fsp3) is 0.229. The number of aliphatic imine (C=N–C) groups is 1. The molecule has 9 nitrogen and oxygen atoms in total. The molecule has 224 valence electrons. The van der Waals surface area contributed by atoms with Crippen LogP contribution in [0.1, 0.15) is 27.8 Å².